The second-order valence-corrected chi connectivity index (χ2v) is 4.89. The Morgan fingerprint density at radius 2 is 1.94 bits per heavy atom. The molecule has 0 amide bonds. The summed E-state index contributed by atoms with van der Waals surface area (Å²) in [6, 6.07) is 6.97. The molecule has 2 heteroatoms. The van der Waals surface area contributed by atoms with Crippen molar-refractivity contribution in [2.24, 2.45) is 0 Å². The van der Waals surface area contributed by atoms with Crippen LogP contribution in [0.5, 0.6) is 0 Å². The summed E-state index contributed by atoms with van der Waals surface area (Å²) in [5, 5.41) is 12.1. The van der Waals surface area contributed by atoms with Gasteiger partial charge in [-0.2, -0.15) is 0 Å². The predicted molar refractivity (Wildman–Crippen MR) is 71.4 cm³/mol. The van der Waals surface area contributed by atoms with Crippen LogP contribution in [0.15, 0.2) is 18.2 Å². The molecule has 0 saturated heterocycles. The van der Waals surface area contributed by atoms with E-state index in [1.54, 1.807) is 11.1 Å². The van der Waals surface area contributed by atoms with Crippen LogP contribution in [0.3, 0.4) is 0 Å². The van der Waals surface area contributed by atoms with Crippen LogP contribution < -0.4 is 5.32 Å². The van der Waals surface area contributed by atoms with E-state index in [2.05, 4.69) is 23.5 Å². The fraction of sp³-hybridized carbons (Fsp3) is 0.600. The van der Waals surface area contributed by atoms with E-state index in [0.29, 0.717) is 6.61 Å². The zero-order valence-electron chi connectivity index (χ0n) is 10.5. The highest BCUT2D eigenvalue weighted by molar-refractivity contribution is 5.35. The van der Waals surface area contributed by atoms with Gasteiger partial charge >= 0.3 is 0 Å². The summed E-state index contributed by atoms with van der Waals surface area (Å²) < 4.78 is 0. The molecule has 1 aliphatic rings. The minimum Gasteiger partial charge on any atom is -0.396 e. The smallest absolute Gasteiger partial charge is 0.0431 e. The maximum absolute atomic E-state index is 8.66. The fourth-order valence-electron chi connectivity index (χ4n) is 2.50. The van der Waals surface area contributed by atoms with Crippen molar-refractivity contribution in [2.45, 2.75) is 38.5 Å². The largest absolute Gasteiger partial charge is 0.396 e. The topological polar surface area (TPSA) is 32.3 Å². The standard InChI is InChI=1S/C15H23NO/c17-11-2-1-9-16-10-8-13-6-7-14-4-3-5-15(14)12-13/h6-7,12,16-17H,1-5,8-11H2. The van der Waals surface area contributed by atoms with Crippen molar-refractivity contribution >= 4 is 0 Å². The fourth-order valence-corrected chi connectivity index (χ4v) is 2.50. The lowest BCUT2D eigenvalue weighted by atomic mass is 10.0. The Morgan fingerprint density at radius 3 is 2.82 bits per heavy atom. The molecule has 1 aromatic carbocycles. The monoisotopic (exact) mass is 233 g/mol. The van der Waals surface area contributed by atoms with Gasteiger partial charge in [-0.1, -0.05) is 18.2 Å². The first-order chi connectivity index (χ1) is 8.40. The predicted octanol–water partition coefficient (Wildman–Crippen LogP) is 2.08. The van der Waals surface area contributed by atoms with Gasteiger partial charge in [0.05, 0.1) is 0 Å². The molecule has 1 aliphatic carbocycles. The molecular formula is C15H23NO. The van der Waals surface area contributed by atoms with Crippen LogP contribution >= 0.6 is 0 Å². The number of aliphatic hydroxyl groups is 1. The van der Waals surface area contributed by atoms with E-state index in [1.165, 1.54) is 24.8 Å². The number of hydrogen-bond acceptors (Lipinski definition) is 2. The van der Waals surface area contributed by atoms with E-state index in [9.17, 15) is 0 Å². The second-order valence-electron chi connectivity index (χ2n) is 4.89. The van der Waals surface area contributed by atoms with Crippen LogP contribution in [-0.4, -0.2) is 24.8 Å². The average Bonchev–Trinajstić information content (AvgIpc) is 2.81. The molecule has 0 bridgehead atoms. The number of hydrogen-bond donors (Lipinski definition) is 2. The third-order valence-electron chi connectivity index (χ3n) is 3.52. The van der Waals surface area contributed by atoms with E-state index in [0.717, 1.165) is 32.4 Å². The number of aliphatic hydroxyl groups excluding tert-OH is 1. The third-order valence-corrected chi connectivity index (χ3v) is 3.52. The molecule has 2 N–H and O–H groups in total. The summed E-state index contributed by atoms with van der Waals surface area (Å²) in [5.41, 5.74) is 4.59. The van der Waals surface area contributed by atoms with Crippen molar-refractivity contribution in [1.82, 2.24) is 5.32 Å². The summed E-state index contributed by atoms with van der Waals surface area (Å²) in [4.78, 5) is 0. The molecule has 0 unspecified atom stereocenters. The van der Waals surface area contributed by atoms with Crippen LogP contribution in [0.25, 0.3) is 0 Å². The molecule has 0 radical (unpaired) electrons. The number of fused-ring (bicyclic) bond motifs is 1. The number of rotatable bonds is 7. The van der Waals surface area contributed by atoms with Crippen LogP contribution in [0.1, 0.15) is 36.0 Å². The summed E-state index contributed by atoms with van der Waals surface area (Å²) in [7, 11) is 0. The molecule has 0 atom stereocenters. The molecule has 2 nitrogen and oxygen atoms in total. The van der Waals surface area contributed by atoms with Gasteiger partial charge < -0.3 is 10.4 Å². The van der Waals surface area contributed by atoms with Gasteiger partial charge in [0.15, 0.2) is 0 Å². The highest BCUT2D eigenvalue weighted by atomic mass is 16.2. The molecule has 0 fully saturated rings. The Kier molecular flexibility index (Phi) is 5.02. The molecular weight excluding hydrogens is 210 g/mol. The van der Waals surface area contributed by atoms with Crippen LogP contribution in [0, 0.1) is 0 Å². The Hall–Kier alpha value is -0.860. The molecule has 0 aromatic heterocycles. The van der Waals surface area contributed by atoms with Gasteiger partial charge in [-0.25, -0.2) is 0 Å². The summed E-state index contributed by atoms with van der Waals surface area (Å²) in [5.74, 6) is 0. The van der Waals surface area contributed by atoms with Gasteiger partial charge in [0.25, 0.3) is 0 Å². The Bertz CT molecular complexity index is 349. The first-order valence-electron chi connectivity index (χ1n) is 6.82. The lowest BCUT2D eigenvalue weighted by Crippen LogP contribution is -2.18. The second kappa shape index (κ2) is 6.77. The zero-order chi connectivity index (χ0) is 11.9. The summed E-state index contributed by atoms with van der Waals surface area (Å²) >= 11 is 0. The number of aryl methyl sites for hydroxylation is 2. The van der Waals surface area contributed by atoms with Crippen LogP contribution in [-0.2, 0) is 19.3 Å². The van der Waals surface area contributed by atoms with Crippen LogP contribution in [0.2, 0.25) is 0 Å². The maximum atomic E-state index is 8.66. The van der Waals surface area contributed by atoms with E-state index in [-0.39, 0.29) is 0 Å². The SMILES string of the molecule is OCCCCNCCc1ccc2c(c1)CCC2. The van der Waals surface area contributed by atoms with Crippen molar-refractivity contribution < 1.29 is 5.11 Å². The summed E-state index contributed by atoms with van der Waals surface area (Å²) in [6.45, 7) is 2.38. The molecule has 17 heavy (non-hydrogen) atoms. The van der Waals surface area contributed by atoms with Gasteiger partial charge in [0, 0.05) is 6.61 Å². The van der Waals surface area contributed by atoms with Crippen LogP contribution in [0.4, 0.5) is 0 Å². The Morgan fingerprint density at radius 1 is 1.06 bits per heavy atom. The lowest BCUT2D eigenvalue weighted by Gasteiger charge is -2.06. The lowest BCUT2D eigenvalue weighted by molar-refractivity contribution is 0.284. The third kappa shape index (κ3) is 3.83. The first kappa shape index (κ1) is 12.6. The normalized spacial score (nSPS) is 13.9. The van der Waals surface area contributed by atoms with Crippen molar-refractivity contribution in [1.29, 1.82) is 0 Å². The van der Waals surface area contributed by atoms with Gasteiger partial charge in [0.1, 0.15) is 0 Å². The molecule has 94 valence electrons. The van der Waals surface area contributed by atoms with Gasteiger partial charge in [-0.05, 0) is 68.3 Å². The van der Waals surface area contributed by atoms with Crippen molar-refractivity contribution in [3.8, 4) is 0 Å². The minimum absolute atomic E-state index is 0.312. The first-order valence-corrected chi connectivity index (χ1v) is 6.82. The summed E-state index contributed by atoms with van der Waals surface area (Å²) in [6.07, 6.45) is 6.97. The van der Waals surface area contributed by atoms with E-state index < -0.39 is 0 Å². The van der Waals surface area contributed by atoms with E-state index in [1.807, 2.05) is 0 Å². The van der Waals surface area contributed by atoms with Crippen molar-refractivity contribution in [3.63, 3.8) is 0 Å². The molecule has 0 aliphatic heterocycles. The van der Waals surface area contributed by atoms with Crippen molar-refractivity contribution in [2.75, 3.05) is 19.7 Å². The molecule has 0 heterocycles. The number of benzene rings is 1. The van der Waals surface area contributed by atoms with E-state index in [4.69, 9.17) is 5.11 Å². The molecule has 0 spiro atoms. The average molecular weight is 233 g/mol. The molecule has 0 saturated carbocycles. The van der Waals surface area contributed by atoms with Gasteiger partial charge in [-0.15, -0.1) is 0 Å². The highest BCUT2D eigenvalue weighted by Crippen LogP contribution is 2.22. The Labute approximate surface area is 104 Å². The number of unbranched alkanes of at least 4 members (excludes halogenated alkanes) is 1. The molecule has 1 aromatic rings. The van der Waals surface area contributed by atoms with Gasteiger partial charge in [-0.3, -0.25) is 0 Å². The quantitative estimate of drug-likeness (QED) is 0.707. The van der Waals surface area contributed by atoms with Crippen molar-refractivity contribution in [3.05, 3.63) is 34.9 Å². The van der Waals surface area contributed by atoms with E-state index >= 15 is 0 Å². The Balaban J connectivity index is 1.69. The highest BCUT2D eigenvalue weighted by Gasteiger charge is 2.10. The molecule has 2 rings (SSSR count). The zero-order valence-corrected chi connectivity index (χ0v) is 10.5. The van der Waals surface area contributed by atoms with Gasteiger partial charge in [0.2, 0.25) is 0 Å². The number of nitrogens with one attached hydrogen (secondary N) is 1. The minimum atomic E-state index is 0.312. The maximum Gasteiger partial charge on any atom is 0.0431 e.